The van der Waals surface area contributed by atoms with Gasteiger partial charge in [-0.3, -0.25) is 4.79 Å². The maximum Gasteiger partial charge on any atom is 0.320 e. The average molecular weight is 314 g/mol. The lowest BCUT2D eigenvalue weighted by Crippen LogP contribution is -2.42. The van der Waals surface area contributed by atoms with Crippen molar-refractivity contribution in [2.45, 2.75) is 41.7 Å². The minimum absolute atomic E-state index is 0.207. The van der Waals surface area contributed by atoms with Crippen LogP contribution in [0.1, 0.15) is 25.7 Å². The summed E-state index contributed by atoms with van der Waals surface area (Å²) in [6.07, 6.45) is 2.59. The van der Waals surface area contributed by atoms with E-state index in [4.69, 9.17) is 9.47 Å². The summed E-state index contributed by atoms with van der Waals surface area (Å²) in [5, 5.41) is 19.1. The molecule has 1 aromatic rings. The first kappa shape index (κ1) is 15.8. The number of carboxylic acids is 1. The summed E-state index contributed by atoms with van der Waals surface area (Å²) >= 11 is 0.920. The summed E-state index contributed by atoms with van der Waals surface area (Å²) in [5.41, 5.74) is -1.23. The van der Waals surface area contributed by atoms with Gasteiger partial charge in [-0.1, -0.05) is 24.6 Å². The van der Waals surface area contributed by atoms with Crippen molar-refractivity contribution in [2.24, 2.45) is 0 Å². The molecule has 0 aliphatic heterocycles. The molecule has 0 radical (unpaired) electrons. The molecule has 0 bridgehead atoms. The summed E-state index contributed by atoms with van der Waals surface area (Å²) in [7, 11) is 2.91. The Morgan fingerprint density at radius 3 is 2.24 bits per heavy atom. The molecule has 1 aromatic heterocycles. The van der Waals surface area contributed by atoms with Crippen LogP contribution in [0.25, 0.3) is 0 Å². The van der Waals surface area contributed by atoms with Gasteiger partial charge < -0.3 is 19.7 Å². The van der Waals surface area contributed by atoms with Gasteiger partial charge in [0.05, 0.1) is 25.9 Å². The molecule has 8 heteroatoms. The van der Waals surface area contributed by atoms with Crippen LogP contribution in [0.15, 0.2) is 11.2 Å². The summed E-state index contributed by atoms with van der Waals surface area (Å²) in [6, 6.07) is 1.50. The molecule has 1 unspecified atom stereocenters. The Bertz CT molecular complexity index is 497. The number of hydrogen-bond acceptors (Lipinski definition) is 7. The first-order valence-electron chi connectivity index (χ1n) is 6.57. The van der Waals surface area contributed by atoms with Crippen LogP contribution < -0.4 is 9.47 Å². The molecule has 1 saturated carbocycles. The number of hydrogen-bond donors (Lipinski definition) is 2. The van der Waals surface area contributed by atoms with E-state index in [0.29, 0.717) is 12.8 Å². The van der Waals surface area contributed by atoms with E-state index in [9.17, 15) is 15.0 Å². The number of aromatic nitrogens is 2. The molecule has 0 aromatic carbocycles. The van der Waals surface area contributed by atoms with E-state index in [1.165, 1.54) is 20.3 Å². The molecule has 0 spiro atoms. The van der Waals surface area contributed by atoms with Crippen molar-refractivity contribution in [3.8, 4) is 11.8 Å². The van der Waals surface area contributed by atoms with E-state index in [0.717, 1.165) is 24.6 Å². The van der Waals surface area contributed by atoms with E-state index >= 15 is 0 Å². The van der Waals surface area contributed by atoms with Gasteiger partial charge in [0.1, 0.15) is 5.25 Å². The van der Waals surface area contributed by atoms with E-state index in [1.807, 2.05) is 0 Å². The van der Waals surface area contributed by atoms with Gasteiger partial charge in [-0.05, 0) is 12.8 Å². The predicted octanol–water partition coefficient (Wildman–Crippen LogP) is 1.34. The second-order valence-corrected chi connectivity index (χ2v) is 5.95. The van der Waals surface area contributed by atoms with Crippen molar-refractivity contribution in [3.05, 3.63) is 6.07 Å². The SMILES string of the molecule is COc1cc(OC)nc(SC(C(=O)O)C2(O)CCCC2)n1. The van der Waals surface area contributed by atoms with Gasteiger partial charge in [0.25, 0.3) is 0 Å². The van der Waals surface area contributed by atoms with Gasteiger partial charge in [-0.2, -0.15) is 9.97 Å². The highest BCUT2D eigenvalue weighted by molar-refractivity contribution is 8.00. The number of carbonyl (C=O) groups is 1. The summed E-state index contributed by atoms with van der Waals surface area (Å²) in [5.74, 6) is -0.506. The topological polar surface area (TPSA) is 102 Å². The molecule has 116 valence electrons. The van der Waals surface area contributed by atoms with Crippen molar-refractivity contribution < 1.29 is 24.5 Å². The minimum Gasteiger partial charge on any atom is -0.481 e. The Balaban J connectivity index is 2.26. The molecule has 1 fully saturated rings. The zero-order valence-electron chi connectivity index (χ0n) is 11.9. The van der Waals surface area contributed by atoms with Gasteiger partial charge in [-0.15, -0.1) is 0 Å². The zero-order valence-corrected chi connectivity index (χ0v) is 12.7. The lowest BCUT2D eigenvalue weighted by molar-refractivity contribution is -0.141. The van der Waals surface area contributed by atoms with Gasteiger partial charge in [0.2, 0.25) is 11.8 Å². The highest BCUT2D eigenvalue weighted by Gasteiger charge is 2.45. The second-order valence-electron chi connectivity index (χ2n) is 4.88. The van der Waals surface area contributed by atoms with E-state index in [2.05, 4.69) is 9.97 Å². The number of methoxy groups -OCH3 is 2. The highest BCUT2D eigenvalue weighted by atomic mass is 32.2. The van der Waals surface area contributed by atoms with Crippen LogP contribution in [0.4, 0.5) is 0 Å². The fraction of sp³-hybridized carbons (Fsp3) is 0.615. The summed E-state index contributed by atoms with van der Waals surface area (Å²) < 4.78 is 10.1. The molecule has 2 rings (SSSR count). The molecular weight excluding hydrogens is 296 g/mol. The number of aliphatic carboxylic acids is 1. The average Bonchev–Trinajstić information content (AvgIpc) is 2.91. The van der Waals surface area contributed by atoms with Crippen molar-refractivity contribution in [1.82, 2.24) is 9.97 Å². The van der Waals surface area contributed by atoms with E-state index in [1.54, 1.807) is 0 Å². The molecule has 0 saturated heterocycles. The molecule has 7 nitrogen and oxygen atoms in total. The Kier molecular flexibility index (Phi) is 4.89. The van der Waals surface area contributed by atoms with Crippen molar-refractivity contribution in [1.29, 1.82) is 0 Å². The lowest BCUT2D eigenvalue weighted by Gasteiger charge is -2.28. The van der Waals surface area contributed by atoms with Crippen LogP contribution in [-0.2, 0) is 4.79 Å². The monoisotopic (exact) mass is 314 g/mol. The number of carboxylic acid groups (broad SMARTS) is 1. The first-order valence-corrected chi connectivity index (χ1v) is 7.45. The fourth-order valence-corrected chi connectivity index (χ4v) is 3.44. The van der Waals surface area contributed by atoms with E-state index in [-0.39, 0.29) is 16.9 Å². The van der Waals surface area contributed by atoms with Gasteiger partial charge in [0, 0.05) is 0 Å². The molecule has 21 heavy (non-hydrogen) atoms. The Hall–Kier alpha value is -1.54. The number of aliphatic hydroxyl groups is 1. The van der Waals surface area contributed by atoms with Crippen molar-refractivity contribution >= 4 is 17.7 Å². The van der Waals surface area contributed by atoms with Crippen LogP contribution in [0.3, 0.4) is 0 Å². The molecule has 1 aliphatic rings. The minimum atomic E-state index is -1.23. The standard InChI is InChI=1S/C13H18N2O5S/c1-19-8-7-9(20-2)15-12(14-8)21-10(11(16)17)13(18)5-3-4-6-13/h7,10,18H,3-6H2,1-2H3,(H,16,17). The van der Waals surface area contributed by atoms with Crippen LogP contribution in [-0.4, -0.2) is 51.2 Å². The Labute approximate surface area is 126 Å². The second kappa shape index (κ2) is 6.48. The first-order chi connectivity index (χ1) is 9.98. The quantitative estimate of drug-likeness (QED) is 0.599. The predicted molar refractivity (Wildman–Crippen MR) is 75.8 cm³/mol. The third kappa shape index (κ3) is 3.56. The smallest absolute Gasteiger partial charge is 0.320 e. The summed E-state index contributed by atoms with van der Waals surface area (Å²) in [6.45, 7) is 0. The van der Waals surface area contributed by atoms with Gasteiger partial charge >= 0.3 is 5.97 Å². The molecule has 1 atom stereocenters. The lowest BCUT2D eigenvalue weighted by atomic mass is 9.98. The number of ether oxygens (including phenoxy) is 2. The Morgan fingerprint density at radius 2 is 1.81 bits per heavy atom. The van der Waals surface area contributed by atoms with Crippen LogP contribution in [0.5, 0.6) is 11.8 Å². The molecule has 1 heterocycles. The van der Waals surface area contributed by atoms with E-state index < -0.39 is 16.8 Å². The zero-order chi connectivity index (χ0) is 15.5. The molecule has 0 amide bonds. The van der Waals surface area contributed by atoms with Crippen LogP contribution in [0, 0.1) is 0 Å². The Morgan fingerprint density at radius 1 is 1.29 bits per heavy atom. The van der Waals surface area contributed by atoms with Crippen molar-refractivity contribution in [3.63, 3.8) is 0 Å². The molecule has 1 aliphatic carbocycles. The maximum absolute atomic E-state index is 11.5. The molecule has 2 N–H and O–H groups in total. The van der Waals surface area contributed by atoms with Crippen LogP contribution >= 0.6 is 11.8 Å². The van der Waals surface area contributed by atoms with Gasteiger partial charge in [0.15, 0.2) is 5.16 Å². The maximum atomic E-state index is 11.5. The normalized spacial score (nSPS) is 18.2. The highest BCUT2D eigenvalue weighted by Crippen LogP contribution is 2.40. The number of nitrogens with zero attached hydrogens (tertiary/aromatic N) is 2. The van der Waals surface area contributed by atoms with Crippen LogP contribution in [0.2, 0.25) is 0 Å². The van der Waals surface area contributed by atoms with Crippen molar-refractivity contribution in [2.75, 3.05) is 14.2 Å². The fourth-order valence-electron chi connectivity index (χ4n) is 2.39. The largest absolute Gasteiger partial charge is 0.481 e. The molecular formula is C13H18N2O5S. The number of thioether (sulfide) groups is 1. The number of rotatable bonds is 6. The third-order valence-electron chi connectivity index (χ3n) is 3.48. The third-order valence-corrected chi connectivity index (χ3v) is 4.75. The summed E-state index contributed by atoms with van der Waals surface area (Å²) in [4.78, 5) is 19.7. The van der Waals surface area contributed by atoms with Gasteiger partial charge in [-0.25, -0.2) is 0 Å².